The number of benzene rings is 2. The monoisotopic (exact) mass is 328 g/mol. The van der Waals surface area contributed by atoms with Gasteiger partial charge in [-0.1, -0.05) is 12.1 Å². The predicted octanol–water partition coefficient (Wildman–Crippen LogP) is 3.79. The highest BCUT2D eigenvalue weighted by Gasteiger charge is 2.11. The fourth-order valence-corrected chi connectivity index (χ4v) is 2.09. The van der Waals surface area contributed by atoms with Gasteiger partial charge in [-0.25, -0.2) is 0 Å². The van der Waals surface area contributed by atoms with Crippen LogP contribution < -0.4 is 9.47 Å². The van der Waals surface area contributed by atoms with Crippen molar-refractivity contribution in [3.63, 3.8) is 0 Å². The van der Waals surface area contributed by atoms with Gasteiger partial charge in [0.05, 0.1) is 13.2 Å². The molecular weight excluding hydrogens is 308 g/mol. The number of methoxy groups -OCH3 is 1. The maximum absolute atomic E-state index is 12.3. The number of phenolic OH excluding ortho intramolecular Hbond substituents is 2. The normalized spacial score (nSPS) is 11.0. The molecule has 0 aliphatic heterocycles. The lowest BCUT2D eigenvalue weighted by Crippen LogP contribution is -2.07. The Bertz CT molecular complexity index is 762. The molecule has 2 N–H and O–H groups in total. The van der Waals surface area contributed by atoms with Gasteiger partial charge in [0.25, 0.3) is 0 Å². The van der Waals surface area contributed by atoms with E-state index in [0.29, 0.717) is 22.6 Å². The van der Waals surface area contributed by atoms with Crippen LogP contribution in [-0.2, 0) is 0 Å². The Morgan fingerprint density at radius 3 is 2.42 bits per heavy atom. The van der Waals surface area contributed by atoms with E-state index in [0.717, 1.165) is 0 Å². The van der Waals surface area contributed by atoms with Gasteiger partial charge >= 0.3 is 0 Å². The zero-order chi connectivity index (χ0) is 17.7. The highest BCUT2D eigenvalue weighted by molar-refractivity contribution is 6.07. The Balaban J connectivity index is 2.22. The summed E-state index contributed by atoms with van der Waals surface area (Å²) in [5.41, 5.74) is 1.07. The van der Waals surface area contributed by atoms with Crippen LogP contribution >= 0.6 is 0 Å². The molecule has 0 unspecified atom stereocenters. The third-order valence-corrected chi connectivity index (χ3v) is 3.24. The molecule has 0 aliphatic rings. The third kappa shape index (κ3) is 4.29. The Labute approximate surface area is 140 Å². The summed E-state index contributed by atoms with van der Waals surface area (Å²) < 4.78 is 10.9. The van der Waals surface area contributed by atoms with Crippen molar-refractivity contribution < 1.29 is 24.5 Å². The second kappa shape index (κ2) is 7.55. The van der Waals surface area contributed by atoms with Crippen LogP contribution in [0.2, 0.25) is 0 Å². The first-order valence-corrected chi connectivity index (χ1v) is 7.49. The van der Waals surface area contributed by atoms with Gasteiger partial charge in [0.2, 0.25) is 0 Å². The lowest BCUT2D eigenvalue weighted by atomic mass is 10.1. The minimum absolute atomic E-state index is 0.0419. The average Bonchev–Trinajstić information content (AvgIpc) is 2.55. The first-order valence-electron chi connectivity index (χ1n) is 7.49. The van der Waals surface area contributed by atoms with Gasteiger partial charge in [-0.3, -0.25) is 4.79 Å². The first kappa shape index (κ1) is 17.4. The maximum atomic E-state index is 12.3. The van der Waals surface area contributed by atoms with E-state index in [-0.39, 0.29) is 23.4 Å². The lowest BCUT2D eigenvalue weighted by Gasteiger charge is -2.14. The average molecular weight is 328 g/mol. The van der Waals surface area contributed by atoms with Crippen molar-refractivity contribution in [1.29, 1.82) is 0 Å². The standard InChI is InChI=1S/C19H20O5/c1-12(2)24-19-11-14(6-9-18(19)23-3)15(20)7-4-13-5-8-16(21)17(22)10-13/h4-12,21-22H,1-3H3/b7-4+. The molecular formula is C19H20O5. The summed E-state index contributed by atoms with van der Waals surface area (Å²) in [6.07, 6.45) is 2.92. The molecule has 2 aromatic carbocycles. The molecule has 126 valence electrons. The highest BCUT2D eigenvalue weighted by Crippen LogP contribution is 2.29. The number of aromatic hydroxyl groups is 2. The Kier molecular flexibility index (Phi) is 5.47. The van der Waals surface area contributed by atoms with E-state index < -0.39 is 0 Å². The smallest absolute Gasteiger partial charge is 0.185 e. The quantitative estimate of drug-likeness (QED) is 0.479. The van der Waals surface area contributed by atoms with Crippen LogP contribution in [0.25, 0.3) is 6.08 Å². The van der Waals surface area contributed by atoms with Gasteiger partial charge in [-0.2, -0.15) is 0 Å². The second-order valence-corrected chi connectivity index (χ2v) is 5.48. The van der Waals surface area contributed by atoms with Gasteiger partial charge in [0.1, 0.15) is 0 Å². The molecule has 0 radical (unpaired) electrons. The van der Waals surface area contributed by atoms with Crippen LogP contribution in [0.4, 0.5) is 0 Å². The molecule has 24 heavy (non-hydrogen) atoms. The SMILES string of the molecule is COc1ccc(C(=O)/C=C/c2ccc(O)c(O)c2)cc1OC(C)C. The van der Waals surface area contributed by atoms with Crippen LogP contribution in [0, 0.1) is 0 Å². The number of ketones is 1. The summed E-state index contributed by atoms with van der Waals surface area (Å²) in [5.74, 6) is 0.423. The van der Waals surface area contributed by atoms with Gasteiger partial charge in [0, 0.05) is 5.56 Å². The van der Waals surface area contributed by atoms with Gasteiger partial charge in [-0.15, -0.1) is 0 Å². The molecule has 0 heterocycles. The summed E-state index contributed by atoms with van der Waals surface area (Å²) in [7, 11) is 1.54. The number of carbonyl (C=O) groups is 1. The van der Waals surface area contributed by atoms with Crippen molar-refractivity contribution in [1.82, 2.24) is 0 Å². The second-order valence-electron chi connectivity index (χ2n) is 5.48. The maximum Gasteiger partial charge on any atom is 0.185 e. The minimum atomic E-state index is -0.235. The van der Waals surface area contributed by atoms with Crippen molar-refractivity contribution >= 4 is 11.9 Å². The molecule has 0 saturated heterocycles. The molecule has 5 nitrogen and oxygen atoms in total. The summed E-state index contributed by atoms with van der Waals surface area (Å²) in [6, 6.07) is 9.32. The fraction of sp³-hybridized carbons (Fsp3) is 0.211. The molecule has 5 heteroatoms. The topological polar surface area (TPSA) is 76.0 Å². The summed E-state index contributed by atoms with van der Waals surface area (Å²) in [4.78, 5) is 12.3. The molecule has 0 fully saturated rings. The van der Waals surface area contributed by atoms with Crippen LogP contribution in [0.1, 0.15) is 29.8 Å². The van der Waals surface area contributed by atoms with Crippen LogP contribution in [-0.4, -0.2) is 29.2 Å². The van der Waals surface area contributed by atoms with Crippen LogP contribution in [0.5, 0.6) is 23.0 Å². The van der Waals surface area contributed by atoms with Crippen molar-refractivity contribution in [3.05, 3.63) is 53.6 Å². The van der Waals surface area contributed by atoms with E-state index in [9.17, 15) is 15.0 Å². The Morgan fingerprint density at radius 2 is 1.79 bits per heavy atom. The molecule has 2 rings (SSSR count). The molecule has 0 aliphatic carbocycles. The molecule has 0 aromatic heterocycles. The van der Waals surface area contributed by atoms with E-state index in [4.69, 9.17) is 9.47 Å². The van der Waals surface area contributed by atoms with Crippen molar-refractivity contribution in [2.24, 2.45) is 0 Å². The van der Waals surface area contributed by atoms with Gasteiger partial charge in [0.15, 0.2) is 28.8 Å². The molecule has 0 atom stereocenters. The fourth-order valence-electron chi connectivity index (χ4n) is 2.09. The Hall–Kier alpha value is -2.95. The summed E-state index contributed by atoms with van der Waals surface area (Å²) >= 11 is 0. The van der Waals surface area contributed by atoms with Crippen molar-refractivity contribution in [3.8, 4) is 23.0 Å². The first-order chi connectivity index (χ1) is 11.4. The molecule has 0 bridgehead atoms. The van der Waals surface area contributed by atoms with Gasteiger partial charge in [-0.05, 0) is 55.8 Å². The minimum Gasteiger partial charge on any atom is -0.504 e. The zero-order valence-corrected chi connectivity index (χ0v) is 13.8. The van der Waals surface area contributed by atoms with Crippen molar-refractivity contribution in [2.45, 2.75) is 20.0 Å². The molecule has 2 aromatic rings. The van der Waals surface area contributed by atoms with Gasteiger partial charge < -0.3 is 19.7 Å². The van der Waals surface area contributed by atoms with E-state index >= 15 is 0 Å². The van der Waals surface area contributed by atoms with E-state index in [1.54, 1.807) is 37.5 Å². The number of ether oxygens (including phenoxy) is 2. The third-order valence-electron chi connectivity index (χ3n) is 3.24. The molecule has 0 spiro atoms. The number of carbonyl (C=O) groups excluding carboxylic acids is 1. The van der Waals surface area contributed by atoms with E-state index in [1.165, 1.54) is 18.2 Å². The predicted molar refractivity (Wildman–Crippen MR) is 91.9 cm³/mol. The number of allylic oxidation sites excluding steroid dienone is 1. The lowest BCUT2D eigenvalue weighted by molar-refractivity contribution is 0.104. The number of phenols is 2. The summed E-state index contributed by atoms with van der Waals surface area (Å²) in [6.45, 7) is 3.79. The number of hydrogen-bond acceptors (Lipinski definition) is 5. The zero-order valence-electron chi connectivity index (χ0n) is 13.8. The largest absolute Gasteiger partial charge is 0.504 e. The number of hydrogen-bond donors (Lipinski definition) is 2. The molecule has 0 amide bonds. The number of rotatable bonds is 6. The van der Waals surface area contributed by atoms with Crippen LogP contribution in [0.15, 0.2) is 42.5 Å². The van der Waals surface area contributed by atoms with E-state index in [2.05, 4.69) is 0 Å². The van der Waals surface area contributed by atoms with Crippen LogP contribution in [0.3, 0.4) is 0 Å². The highest BCUT2D eigenvalue weighted by atomic mass is 16.5. The molecule has 0 saturated carbocycles. The van der Waals surface area contributed by atoms with Crippen molar-refractivity contribution in [2.75, 3.05) is 7.11 Å². The summed E-state index contributed by atoms with van der Waals surface area (Å²) in [5, 5.41) is 18.7. The van der Waals surface area contributed by atoms with E-state index in [1.807, 2.05) is 13.8 Å². The Morgan fingerprint density at radius 1 is 1.04 bits per heavy atom.